The van der Waals surface area contributed by atoms with E-state index in [2.05, 4.69) is 21.2 Å². The summed E-state index contributed by atoms with van der Waals surface area (Å²) in [6, 6.07) is 12.0. The molecule has 0 aliphatic heterocycles. The summed E-state index contributed by atoms with van der Waals surface area (Å²) in [5.74, 6) is 0.126. The smallest absolute Gasteiger partial charge is 0.266 e. The number of anilines is 1. The summed E-state index contributed by atoms with van der Waals surface area (Å²) in [5, 5.41) is 21.9. The number of phenolic OH excluding ortho intramolecular Hbond substituents is 1. The van der Waals surface area contributed by atoms with Crippen LogP contribution in [0.3, 0.4) is 0 Å². The van der Waals surface area contributed by atoms with Gasteiger partial charge in [0.05, 0.1) is 23.9 Å². The first-order chi connectivity index (χ1) is 12.5. The van der Waals surface area contributed by atoms with Crippen LogP contribution < -0.4 is 14.8 Å². The number of methoxy groups -OCH3 is 1. The minimum absolute atomic E-state index is 0.0572. The molecule has 0 bridgehead atoms. The number of nitrogens with zero attached hydrogens (tertiary/aromatic N) is 1. The number of phenols is 1. The molecule has 1 amide bonds. The van der Waals surface area contributed by atoms with Gasteiger partial charge >= 0.3 is 0 Å². The van der Waals surface area contributed by atoms with E-state index >= 15 is 0 Å². The zero-order valence-corrected chi connectivity index (χ0v) is 15.8. The Morgan fingerprint density at radius 3 is 2.73 bits per heavy atom. The first-order valence-corrected chi connectivity index (χ1v) is 8.50. The van der Waals surface area contributed by atoms with Gasteiger partial charge in [0.25, 0.3) is 5.91 Å². The summed E-state index contributed by atoms with van der Waals surface area (Å²) in [6.45, 7) is 2.30. The number of benzene rings is 2. The molecule has 0 radical (unpaired) electrons. The van der Waals surface area contributed by atoms with E-state index in [-0.39, 0.29) is 17.1 Å². The fourth-order valence-corrected chi connectivity index (χ4v) is 2.65. The zero-order chi connectivity index (χ0) is 19.1. The second-order valence-electron chi connectivity index (χ2n) is 5.11. The minimum Gasteiger partial charge on any atom is -0.503 e. The molecule has 6 nitrogen and oxygen atoms in total. The number of hydrogen-bond acceptors (Lipinski definition) is 5. The van der Waals surface area contributed by atoms with E-state index in [1.807, 2.05) is 13.0 Å². The van der Waals surface area contributed by atoms with Crippen LogP contribution in [-0.4, -0.2) is 24.7 Å². The molecule has 26 heavy (non-hydrogen) atoms. The monoisotopic (exact) mass is 416 g/mol. The molecule has 0 unspecified atom stereocenters. The number of aromatic hydroxyl groups is 1. The second kappa shape index (κ2) is 8.92. The van der Waals surface area contributed by atoms with Crippen molar-refractivity contribution in [2.24, 2.45) is 0 Å². The van der Waals surface area contributed by atoms with Crippen molar-refractivity contribution in [3.8, 4) is 23.3 Å². The highest BCUT2D eigenvalue weighted by atomic mass is 79.9. The summed E-state index contributed by atoms with van der Waals surface area (Å²) in [6.07, 6.45) is 1.41. The van der Waals surface area contributed by atoms with Gasteiger partial charge in [0, 0.05) is 0 Å². The van der Waals surface area contributed by atoms with Crippen LogP contribution in [0.15, 0.2) is 46.4 Å². The number of halogens is 1. The lowest BCUT2D eigenvalue weighted by Gasteiger charge is -2.11. The van der Waals surface area contributed by atoms with Crippen molar-refractivity contribution in [1.82, 2.24) is 0 Å². The molecule has 7 heteroatoms. The van der Waals surface area contributed by atoms with E-state index in [0.717, 1.165) is 0 Å². The molecule has 134 valence electrons. The van der Waals surface area contributed by atoms with Gasteiger partial charge in [0.1, 0.15) is 17.4 Å². The molecule has 0 aliphatic rings. The predicted octanol–water partition coefficient (Wildman–Crippen LogP) is 4.11. The molecule has 2 aromatic carbocycles. The van der Waals surface area contributed by atoms with Crippen LogP contribution in [0.2, 0.25) is 0 Å². The number of amides is 1. The average molecular weight is 417 g/mol. The Bertz CT molecular complexity index is 888. The van der Waals surface area contributed by atoms with E-state index in [9.17, 15) is 15.2 Å². The van der Waals surface area contributed by atoms with E-state index < -0.39 is 5.91 Å². The third kappa shape index (κ3) is 4.55. The molecule has 2 N–H and O–H groups in total. The number of ether oxygens (including phenoxy) is 2. The maximum absolute atomic E-state index is 12.5. The maximum atomic E-state index is 12.5. The fourth-order valence-electron chi connectivity index (χ4n) is 2.19. The quantitative estimate of drug-likeness (QED) is 0.545. The number of para-hydroxylation sites is 2. The van der Waals surface area contributed by atoms with E-state index in [4.69, 9.17) is 9.47 Å². The molecule has 0 atom stereocenters. The SMILES string of the molecule is CCOc1ccccc1NC(=O)/C(C#N)=C\c1cc(Br)c(O)c(OC)c1. The lowest BCUT2D eigenvalue weighted by molar-refractivity contribution is -0.112. The van der Waals surface area contributed by atoms with Gasteiger partial charge in [0.15, 0.2) is 11.5 Å². The Morgan fingerprint density at radius 1 is 1.35 bits per heavy atom. The summed E-state index contributed by atoms with van der Waals surface area (Å²) in [4.78, 5) is 12.5. The second-order valence-corrected chi connectivity index (χ2v) is 5.96. The maximum Gasteiger partial charge on any atom is 0.266 e. The summed E-state index contributed by atoms with van der Waals surface area (Å²) < 4.78 is 10.9. The normalized spacial score (nSPS) is 10.8. The van der Waals surface area contributed by atoms with Crippen molar-refractivity contribution in [1.29, 1.82) is 5.26 Å². The number of rotatable bonds is 6. The number of nitriles is 1. The first kappa shape index (κ1) is 19.3. The highest BCUT2D eigenvalue weighted by Gasteiger charge is 2.14. The van der Waals surface area contributed by atoms with E-state index in [0.29, 0.717) is 28.1 Å². The first-order valence-electron chi connectivity index (χ1n) is 7.71. The van der Waals surface area contributed by atoms with Crippen LogP contribution in [0.4, 0.5) is 5.69 Å². The van der Waals surface area contributed by atoms with Crippen LogP contribution >= 0.6 is 15.9 Å². The molecule has 0 heterocycles. The molecule has 2 rings (SSSR count). The Labute approximate surface area is 159 Å². The van der Waals surface area contributed by atoms with Crippen molar-refractivity contribution >= 4 is 33.6 Å². The summed E-state index contributed by atoms with van der Waals surface area (Å²) in [5.41, 5.74) is 0.900. The van der Waals surface area contributed by atoms with Crippen molar-refractivity contribution in [3.63, 3.8) is 0 Å². The molecular formula is C19H17BrN2O4. The highest BCUT2D eigenvalue weighted by Crippen LogP contribution is 2.35. The number of hydrogen-bond donors (Lipinski definition) is 2. The Hall–Kier alpha value is -2.98. The lowest BCUT2D eigenvalue weighted by atomic mass is 10.1. The van der Waals surface area contributed by atoms with Gasteiger partial charge in [-0.2, -0.15) is 5.26 Å². The Morgan fingerprint density at radius 2 is 2.08 bits per heavy atom. The van der Waals surface area contributed by atoms with Crippen LogP contribution in [0.1, 0.15) is 12.5 Å². The highest BCUT2D eigenvalue weighted by molar-refractivity contribution is 9.10. The minimum atomic E-state index is -0.567. The standard InChI is InChI=1S/C19H17BrN2O4/c1-3-26-16-7-5-4-6-15(16)22-19(24)13(11-21)8-12-9-14(20)18(23)17(10-12)25-2/h4-10,23H,3H2,1-2H3,(H,22,24)/b13-8-. The van der Waals surface area contributed by atoms with Gasteiger partial charge in [-0.25, -0.2) is 0 Å². The summed E-state index contributed by atoms with van der Waals surface area (Å²) in [7, 11) is 1.41. The topological polar surface area (TPSA) is 91.6 Å². The molecule has 0 saturated heterocycles. The third-order valence-electron chi connectivity index (χ3n) is 3.38. The number of nitrogens with one attached hydrogen (secondary N) is 1. The molecule has 0 spiro atoms. The van der Waals surface area contributed by atoms with E-state index in [1.54, 1.807) is 30.3 Å². The van der Waals surface area contributed by atoms with Crippen molar-refractivity contribution in [2.75, 3.05) is 19.0 Å². The van der Waals surface area contributed by atoms with Gasteiger partial charge in [-0.3, -0.25) is 4.79 Å². The predicted molar refractivity (Wildman–Crippen MR) is 102 cm³/mol. The van der Waals surface area contributed by atoms with Crippen molar-refractivity contribution < 1.29 is 19.4 Å². The number of carbonyl (C=O) groups excluding carboxylic acids is 1. The Balaban J connectivity index is 2.31. The average Bonchev–Trinajstić information content (AvgIpc) is 2.64. The van der Waals surface area contributed by atoms with Gasteiger partial charge in [-0.05, 0) is 58.8 Å². The molecule has 0 aromatic heterocycles. The largest absolute Gasteiger partial charge is 0.503 e. The van der Waals surface area contributed by atoms with Crippen LogP contribution in [-0.2, 0) is 4.79 Å². The molecule has 0 aliphatic carbocycles. The number of carbonyl (C=O) groups is 1. The van der Waals surface area contributed by atoms with Gasteiger partial charge in [-0.1, -0.05) is 12.1 Å². The van der Waals surface area contributed by atoms with Crippen LogP contribution in [0.25, 0.3) is 6.08 Å². The van der Waals surface area contributed by atoms with Crippen molar-refractivity contribution in [3.05, 3.63) is 52.0 Å². The van der Waals surface area contributed by atoms with Crippen LogP contribution in [0, 0.1) is 11.3 Å². The van der Waals surface area contributed by atoms with Gasteiger partial charge < -0.3 is 19.9 Å². The molecular weight excluding hydrogens is 400 g/mol. The molecule has 0 saturated carbocycles. The third-order valence-corrected chi connectivity index (χ3v) is 3.99. The van der Waals surface area contributed by atoms with E-state index in [1.165, 1.54) is 19.3 Å². The zero-order valence-electron chi connectivity index (χ0n) is 14.2. The Kier molecular flexibility index (Phi) is 6.64. The van der Waals surface area contributed by atoms with Gasteiger partial charge in [-0.15, -0.1) is 0 Å². The van der Waals surface area contributed by atoms with Gasteiger partial charge in [0.2, 0.25) is 0 Å². The lowest BCUT2D eigenvalue weighted by Crippen LogP contribution is -2.14. The molecule has 0 fully saturated rings. The van der Waals surface area contributed by atoms with Crippen LogP contribution in [0.5, 0.6) is 17.2 Å². The molecule has 2 aromatic rings. The fraction of sp³-hybridized carbons (Fsp3) is 0.158. The summed E-state index contributed by atoms with van der Waals surface area (Å²) >= 11 is 3.21. The van der Waals surface area contributed by atoms with Crippen molar-refractivity contribution in [2.45, 2.75) is 6.92 Å².